The van der Waals surface area contributed by atoms with Crippen molar-refractivity contribution in [2.24, 2.45) is 5.92 Å². The molecule has 2 aromatic heterocycles. The highest BCUT2D eigenvalue weighted by Gasteiger charge is 2.27. The van der Waals surface area contributed by atoms with Crippen LogP contribution in [-0.4, -0.2) is 44.3 Å². The number of ketones is 1. The van der Waals surface area contributed by atoms with Crippen LogP contribution >= 0.6 is 11.6 Å². The Labute approximate surface area is 178 Å². The number of fused-ring (bicyclic) bond motifs is 1. The smallest absolute Gasteiger partial charge is 0.275 e. The second kappa shape index (κ2) is 8.83. The van der Waals surface area contributed by atoms with Crippen molar-refractivity contribution in [3.8, 4) is 0 Å². The maximum Gasteiger partial charge on any atom is 0.275 e. The van der Waals surface area contributed by atoms with E-state index >= 15 is 0 Å². The number of aryl methyl sites for hydroxylation is 1. The summed E-state index contributed by atoms with van der Waals surface area (Å²) in [5.41, 5.74) is 1.000. The number of nitrogens with one attached hydrogen (secondary N) is 1. The molecule has 1 aliphatic rings. The van der Waals surface area contributed by atoms with E-state index in [1.165, 1.54) is 0 Å². The molecule has 3 heterocycles. The Bertz CT molecular complexity index is 1110. The van der Waals surface area contributed by atoms with Crippen LogP contribution in [0.1, 0.15) is 41.9 Å². The number of hydrogen-bond acceptors (Lipinski definition) is 4. The average molecular weight is 427 g/mol. The van der Waals surface area contributed by atoms with Gasteiger partial charge in [0.25, 0.3) is 5.56 Å². The molecule has 0 spiro atoms. The quantitative estimate of drug-likeness (QED) is 0.613. The Kier molecular flexibility index (Phi) is 5.99. The van der Waals surface area contributed by atoms with E-state index in [2.05, 4.69) is 10.1 Å². The molecule has 156 valence electrons. The molecule has 4 rings (SSSR count). The largest absolute Gasteiger partial charge is 0.343 e. The van der Waals surface area contributed by atoms with Crippen LogP contribution in [0, 0.1) is 5.92 Å². The van der Waals surface area contributed by atoms with Gasteiger partial charge in [0.15, 0.2) is 5.78 Å². The maximum atomic E-state index is 12.6. The molecule has 1 aromatic carbocycles. The van der Waals surface area contributed by atoms with Gasteiger partial charge in [0, 0.05) is 48.6 Å². The van der Waals surface area contributed by atoms with Crippen molar-refractivity contribution in [3.05, 3.63) is 69.4 Å². The fourth-order valence-corrected chi connectivity index (χ4v) is 4.03. The van der Waals surface area contributed by atoms with E-state index in [1.54, 1.807) is 47.1 Å². The number of carbonyl (C=O) groups is 2. The van der Waals surface area contributed by atoms with E-state index < -0.39 is 0 Å². The molecule has 1 aliphatic heterocycles. The summed E-state index contributed by atoms with van der Waals surface area (Å²) in [6.45, 7) is 1.18. The molecule has 30 heavy (non-hydrogen) atoms. The van der Waals surface area contributed by atoms with E-state index in [4.69, 9.17) is 11.6 Å². The normalized spacial score (nSPS) is 14.9. The lowest BCUT2D eigenvalue weighted by molar-refractivity contribution is -0.132. The summed E-state index contributed by atoms with van der Waals surface area (Å²) in [7, 11) is 0. The van der Waals surface area contributed by atoms with Crippen LogP contribution in [0.25, 0.3) is 5.52 Å². The van der Waals surface area contributed by atoms with Crippen molar-refractivity contribution in [1.29, 1.82) is 0 Å². The van der Waals surface area contributed by atoms with Gasteiger partial charge < -0.3 is 9.88 Å². The summed E-state index contributed by atoms with van der Waals surface area (Å²) in [5.74, 6) is 0.715. The molecule has 0 atom stereocenters. The highest BCUT2D eigenvalue weighted by atomic mass is 35.5. The molecule has 1 N–H and O–H groups in total. The number of H-pyrrole nitrogens is 1. The monoisotopic (exact) mass is 426 g/mol. The Balaban J connectivity index is 1.25. The number of benzene rings is 1. The minimum absolute atomic E-state index is 0.0576. The molecule has 0 saturated carbocycles. The third-order valence-electron chi connectivity index (χ3n) is 5.60. The van der Waals surface area contributed by atoms with Crippen LogP contribution < -0.4 is 5.56 Å². The van der Waals surface area contributed by atoms with Crippen LogP contribution in [0.5, 0.6) is 0 Å². The second-order valence-corrected chi connectivity index (χ2v) is 8.06. The molecule has 1 saturated heterocycles. The molecule has 0 aliphatic carbocycles. The van der Waals surface area contributed by atoms with Crippen LogP contribution in [0.15, 0.2) is 47.4 Å². The standard InChI is InChI=1S/C22H23ClN4O3/c23-17-8-6-15(7-9-17)21(29)16-10-13-26(14-11-16)20(28)5-1-4-19-24-22(30)18-3-2-12-27(18)25-19/h2-3,6-9,12,16H,1,4-5,10-11,13-14H2,(H,24,25,30). The van der Waals surface area contributed by atoms with Crippen LogP contribution in [0.4, 0.5) is 0 Å². The molecule has 7 nitrogen and oxygen atoms in total. The van der Waals surface area contributed by atoms with Crippen molar-refractivity contribution in [3.63, 3.8) is 0 Å². The molecular weight excluding hydrogens is 404 g/mol. The number of piperidine rings is 1. The van der Waals surface area contributed by atoms with Gasteiger partial charge in [-0.25, -0.2) is 4.52 Å². The summed E-state index contributed by atoms with van der Waals surface area (Å²) in [5, 5.41) is 4.97. The number of nitrogens with zero attached hydrogens (tertiary/aromatic N) is 3. The summed E-state index contributed by atoms with van der Waals surface area (Å²) in [6, 6.07) is 10.4. The topological polar surface area (TPSA) is 87.5 Å². The zero-order chi connectivity index (χ0) is 21.1. The van der Waals surface area contributed by atoms with Crippen molar-refractivity contribution in [2.75, 3.05) is 13.1 Å². The lowest BCUT2D eigenvalue weighted by atomic mass is 9.89. The molecule has 3 aromatic rings. The minimum atomic E-state index is -0.177. The number of likely N-dealkylation sites (tertiary alicyclic amines) is 1. The fourth-order valence-electron chi connectivity index (χ4n) is 3.91. The maximum absolute atomic E-state index is 12.6. The number of halogens is 1. The van der Waals surface area contributed by atoms with Gasteiger partial charge in [-0.15, -0.1) is 0 Å². The van der Waals surface area contributed by atoms with Gasteiger partial charge >= 0.3 is 0 Å². The first-order valence-corrected chi connectivity index (χ1v) is 10.5. The third-order valence-corrected chi connectivity index (χ3v) is 5.85. The minimum Gasteiger partial charge on any atom is -0.343 e. The zero-order valence-electron chi connectivity index (χ0n) is 16.5. The molecule has 0 unspecified atom stereocenters. The van der Waals surface area contributed by atoms with Crippen LogP contribution in [0.2, 0.25) is 5.02 Å². The number of aromatic amines is 1. The van der Waals surface area contributed by atoms with E-state index in [0.29, 0.717) is 67.1 Å². The number of Topliss-reactive ketones (excluding diaryl/α,β-unsaturated/α-hetero) is 1. The van der Waals surface area contributed by atoms with Crippen molar-refractivity contribution < 1.29 is 9.59 Å². The van der Waals surface area contributed by atoms with E-state index in [9.17, 15) is 14.4 Å². The van der Waals surface area contributed by atoms with E-state index in [-0.39, 0.29) is 23.2 Å². The average Bonchev–Trinajstić information content (AvgIpc) is 3.23. The molecule has 8 heteroatoms. The van der Waals surface area contributed by atoms with Gasteiger partial charge in [-0.1, -0.05) is 11.6 Å². The first-order chi connectivity index (χ1) is 14.5. The highest BCUT2D eigenvalue weighted by molar-refractivity contribution is 6.30. The van der Waals surface area contributed by atoms with Gasteiger partial charge in [-0.2, -0.15) is 5.10 Å². The van der Waals surface area contributed by atoms with Gasteiger partial charge in [-0.05, 0) is 55.7 Å². The summed E-state index contributed by atoms with van der Waals surface area (Å²) >= 11 is 5.89. The Morgan fingerprint density at radius 2 is 1.87 bits per heavy atom. The molecule has 0 bridgehead atoms. The molecular formula is C22H23ClN4O3. The highest BCUT2D eigenvalue weighted by Crippen LogP contribution is 2.23. The SMILES string of the molecule is O=C(c1ccc(Cl)cc1)C1CCN(C(=O)CCCc2nn3cccc3c(=O)[nH]2)CC1. The predicted octanol–water partition coefficient (Wildman–Crippen LogP) is 3.12. The Morgan fingerprint density at radius 1 is 1.13 bits per heavy atom. The lowest BCUT2D eigenvalue weighted by Gasteiger charge is -2.31. The van der Waals surface area contributed by atoms with Gasteiger partial charge in [0.05, 0.1) is 0 Å². The fraction of sp³-hybridized carbons (Fsp3) is 0.364. The first-order valence-electron chi connectivity index (χ1n) is 10.2. The number of carbonyl (C=O) groups excluding carboxylic acids is 2. The molecule has 1 fully saturated rings. The zero-order valence-corrected chi connectivity index (χ0v) is 17.3. The van der Waals surface area contributed by atoms with Crippen molar-refractivity contribution in [1.82, 2.24) is 19.5 Å². The lowest BCUT2D eigenvalue weighted by Crippen LogP contribution is -2.40. The number of amides is 1. The third kappa shape index (κ3) is 4.46. The summed E-state index contributed by atoms with van der Waals surface area (Å²) in [6.07, 6.45) is 4.61. The summed E-state index contributed by atoms with van der Waals surface area (Å²) < 4.78 is 1.55. The Hall–Kier alpha value is -2.93. The summed E-state index contributed by atoms with van der Waals surface area (Å²) in [4.78, 5) is 41.8. The number of rotatable bonds is 6. The van der Waals surface area contributed by atoms with Gasteiger partial charge in [-0.3, -0.25) is 14.4 Å². The van der Waals surface area contributed by atoms with Crippen LogP contribution in [0.3, 0.4) is 0 Å². The number of hydrogen-bond donors (Lipinski definition) is 1. The van der Waals surface area contributed by atoms with Crippen molar-refractivity contribution in [2.45, 2.75) is 32.1 Å². The van der Waals surface area contributed by atoms with E-state index in [1.807, 2.05) is 4.90 Å². The predicted molar refractivity (Wildman–Crippen MR) is 114 cm³/mol. The molecule has 1 amide bonds. The van der Waals surface area contributed by atoms with E-state index in [0.717, 1.165) is 0 Å². The van der Waals surface area contributed by atoms with Crippen molar-refractivity contribution >= 4 is 28.8 Å². The molecule has 0 radical (unpaired) electrons. The Morgan fingerprint density at radius 3 is 2.60 bits per heavy atom. The van der Waals surface area contributed by atoms with Crippen LogP contribution in [-0.2, 0) is 11.2 Å². The van der Waals surface area contributed by atoms with Gasteiger partial charge in [0.1, 0.15) is 11.3 Å². The van der Waals surface area contributed by atoms with Gasteiger partial charge in [0.2, 0.25) is 5.91 Å². The number of aromatic nitrogens is 3. The second-order valence-electron chi connectivity index (χ2n) is 7.62. The first kappa shape index (κ1) is 20.3.